The Kier molecular flexibility index (Phi) is 5.45. The molecule has 164 valence electrons. The Hall–Kier alpha value is -4.24. The van der Waals surface area contributed by atoms with Crippen LogP contribution in [0.15, 0.2) is 76.1 Å². The van der Waals surface area contributed by atoms with E-state index >= 15 is 0 Å². The number of aliphatic imine (C=N–C) groups is 1. The van der Waals surface area contributed by atoms with Crippen molar-refractivity contribution in [2.75, 3.05) is 17.7 Å². The number of halogens is 1. The lowest BCUT2D eigenvalue weighted by atomic mass is 10.0. The van der Waals surface area contributed by atoms with Gasteiger partial charge in [-0.25, -0.2) is 9.98 Å². The average Bonchev–Trinajstić information content (AvgIpc) is 3.26. The molecule has 0 saturated carbocycles. The number of benzodiazepines with no additional fused rings is 1. The number of rotatable bonds is 5. The smallest absolute Gasteiger partial charge is 0.317 e. The summed E-state index contributed by atoms with van der Waals surface area (Å²) in [6, 6.07) is 20.4. The summed E-state index contributed by atoms with van der Waals surface area (Å²) in [6.07, 6.45) is -1.01. The van der Waals surface area contributed by atoms with E-state index in [0.717, 1.165) is 11.1 Å². The Morgan fingerprint density at radius 1 is 1.03 bits per heavy atom. The van der Waals surface area contributed by atoms with E-state index in [-0.39, 0.29) is 23.0 Å². The maximum atomic E-state index is 12.9. The number of hydrogen-bond donors (Lipinski definition) is 2. The summed E-state index contributed by atoms with van der Waals surface area (Å²) in [4.78, 5) is 21.8. The van der Waals surface area contributed by atoms with Crippen molar-refractivity contribution < 1.29 is 13.9 Å². The maximum Gasteiger partial charge on any atom is 0.317 e. The van der Waals surface area contributed by atoms with E-state index in [9.17, 15) is 4.79 Å². The quantitative estimate of drug-likeness (QED) is 0.432. The molecule has 9 nitrogen and oxygen atoms in total. The molecule has 0 bridgehead atoms. The van der Waals surface area contributed by atoms with Crippen molar-refractivity contribution in [3.8, 4) is 17.3 Å². The molecule has 0 fully saturated rings. The molecule has 1 unspecified atom stereocenters. The largest absolute Gasteiger partial charge is 0.494 e. The van der Waals surface area contributed by atoms with Gasteiger partial charge in [0, 0.05) is 11.1 Å². The van der Waals surface area contributed by atoms with Crippen LogP contribution in [0.1, 0.15) is 11.1 Å². The predicted octanol–water partition coefficient (Wildman–Crippen LogP) is 4.02. The maximum absolute atomic E-state index is 12.9. The second-order valence-electron chi connectivity index (χ2n) is 7.03. The molecular weight excluding hydrogens is 444 g/mol. The number of carbonyl (C=O) groups excluding carboxylic acids is 1. The van der Waals surface area contributed by atoms with Crippen molar-refractivity contribution in [3.05, 3.63) is 83.0 Å². The van der Waals surface area contributed by atoms with E-state index in [2.05, 4.69) is 25.8 Å². The second kappa shape index (κ2) is 8.71. The molecule has 0 spiro atoms. The third-order valence-corrected chi connectivity index (χ3v) is 5.20. The summed E-state index contributed by atoms with van der Waals surface area (Å²) in [6.45, 7) is 0. The lowest BCUT2D eigenvalue weighted by Crippen LogP contribution is -2.32. The number of carbonyl (C=O) groups is 1. The minimum Gasteiger partial charge on any atom is -0.494 e. The van der Waals surface area contributed by atoms with Gasteiger partial charge in [0.1, 0.15) is 5.69 Å². The zero-order valence-electron chi connectivity index (χ0n) is 17.3. The molecule has 0 saturated heterocycles. The standard InChI is InChI=1S/C23H17ClN6O3/c1-32-17-12-11-16(25-19(17)24)22-29-30-23(33-22)28-20-21(31)26-15-10-6-5-9-14(15)18(27-20)13-7-3-2-4-8-13/h2-12,20H,1H3,(H,26,31)(H,28,30). The number of ether oxygens (including phenoxy) is 1. The van der Waals surface area contributed by atoms with Crippen molar-refractivity contribution in [1.29, 1.82) is 0 Å². The zero-order chi connectivity index (χ0) is 22.8. The lowest BCUT2D eigenvalue weighted by molar-refractivity contribution is -0.116. The molecule has 2 aromatic carbocycles. The van der Waals surface area contributed by atoms with Gasteiger partial charge in [-0.15, -0.1) is 5.10 Å². The number of aromatic nitrogens is 3. The van der Waals surface area contributed by atoms with E-state index in [1.165, 1.54) is 7.11 Å². The molecule has 0 aliphatic carbocycles. The third kappa shape index (κ3) is 4.13. The van der Waals surface area contributed by atoms with Gasteiger partial charge in [-0.1, -0.05) is 65.2 Å². The number of fused-ring (bicyclic) bond motifs is 1. The molecule has 2 N–H and O–H groups in total. The van der Waals surface area contributed by atoms with Crippen LogP contribution in [0, 0.1) is 0 Å². The number of amides is 1. The van der Waals surface area contributed by atoms with Gasteiger partial charge in [0.25, 0.3) is 11.8 Å². The minimum atomic E-state index is -1.01. The van der Waals surface area contributed by atoms with Crippen LogP contribution < -0.4 is 15.4 Å². The molecule has 33 heavy (non-hydrogen) atoms. The first kappa shape index (κ1) is 20.7. The fraction of sp³-hybridized carbons (Fsp3) is 0.0870. The summed E-state index contributed by atoms with van der Waals surface area (Å²) in [5.41, 5.74) is 3.37. The Morgan fingerprint density at radius 2 is 1.82 bits per heavy atom. The van der Waals surface area contributed by atoms with Crippen LogP contribution >= 0.6 is 11.6 Å². The van der Waals surface area contributed by atoms with Gasteiger partial charge in [0.05, 0.1) is 18.5 Å². The minimum absolute atomic E-state index is 0.0148. The molecule has 5 rings (SSSR count). The van der Waals surface area contributed by atoms with Gasteiger partial charge in [-0.3, -0.25) is 4.79 Å². The molecule has 4 aromatic rings. The van der Waals surface area contributed by atoms with Gasteiger partial charge < -0.3 is 19.8 Å². The van der Waals surface area contributed by atoms with Crippen LogP contribution in [0.2, 0.25) is 5.15 Å². The summed E-state index contributed by atoms with van der Waals surface area (Å²) < 4.78 is 10.8. The third-order valence-electron chi connectivity index (χ3n) is 4.93. The number of hydrogen-bond acceptors (Lipinski definition) is 8. The normalized spacial score (nSPS) is 15.2. The van der Waals surface area contributed by atoms with Crippen LogP contribution in [0.3, 0.4) is 0 Å². The first-order valence-corrected chi connectivity index (χ1v) is 10.3. The Morgan fingerprint density at radius 3 is 2.61 bits per heavy atom. The van der Waals surface area contributed by atoms with Crippen molar-refractivity contribution in [3.63, 3.8) is 0 Å². The first-order valence-electron chi connectivity index (χ1n) is 9.97. The van der Waals surface area contributed by atoms with Crippen LogP contribution in [-0.4, -0.2) is 40.1 Å². The van der Waals surface area contributed by atoms with E-state index in [0.29, 0.717) is 22.8 Å². The van der Waals surface area contributed by atoms with Crippen LogP contribution in [0.5, 0.6) is 5.75 Å². The van der Waals surface area contributed by atoms with E-state index < -0.39 is 6.17 Å². The summed E-state index contributed by atoms with van der Waals surface area (Å²) in [5, 5.41) is 13.9. The zero-order valence-corrected chi connectivity index (χ0v) is 18.1. The van der Waals surface area contributed by atoms with Crippen molar-refractivity contribution in [2.45, 2.75) is 6.17 Å². The topological polar surface area (TPSA) is 115 Å². The molecule has 10 heteroatoms. The van der Waals surface area contributed by atoms with Crippen LogP contribution in [0.4, 0.5) is 11.7 Å². The summed E-state index contributed by atoms with van der Waals surface area (Å²) in [7, 11) is 1.50. The number of anilines is 2. The first-order chi connectivity index (χ1) is 16.1. The van der Waals surface area contributed by atoms with Gasteiger partial charge in [0.15, 0.2) is 10.9 Å². The van der Waals surface area contributed by atoms with E-state index in [1.54, 1.807) is 12.1 Å². The van der Waals surface area contributed by atoms with Crippen LogP contribution in [-0.2, 0) is 4.79 Å². The molecule has 0 radical (unpaired) electrons. The number of benzene rings is 2. The van der Waals surface area contributed by atoms with Crippen molar-refractivity contribution in [2.24, 2.45) is 4.99 Å². The number of methoxy groups -OCH3 is 1. The van der Waals surface area contributed by atoms with Gasteiger partial charge in [-0.05, 0) is 18.2 Å². The van der Waals surface area contributed by atoms with E-state index in [4.69, 9.17) is 25.7 Å². The highest BCUT2D eigenvalue weighted by atomic mass is 35.5. The van der Waals surface area contributed by atoms with Gasteiger partial charge >= 0.3 is 6.01 Å². The van der Waals surface area contributed by atoms with Crippen molar-refractivity contribution >= 4 is 34.9 Å². The Balaban J connectivity index is 1.47. The molecule has 1 amide bonds. The van der Waals surface area contributed by atoms with Gasteiger partial charge in [-0.2, -0.15) is 0 Å². The number of pyridine rings is 1. The second-order valence-corrected chi connectivity index (χ2v) is 7.39. The lowest BCUT2D eigenvalue weighted by Gasteiger charge is -2.11. The van der Waals surface area contributed by atoms with Gasteiger partial charge in [0.2, 0.25) is 6.17 Å². The Bertz CT molecular complexity index is 1360. The highest BCUT2D eigenvalue weighted by molar-refractivity contribution is 6.31. The Labute approximate surface area is 193 Å². The molecule has 3 heterocycles. The highest BCUT2D eigenvalue weighted by Gasteiger charge is 2.27. The molecule has 1 atom stereocenters. The highest BCUT2D eigenvalue weighted by Crippen LogP contribution is 2.28. The predicted molar refractivity (Wildman–Crippen MR) is 124 cm³/mol. The molecule has 1 aliphatic rings. The average molecular weight is 461 g/mol. The number of nitrogens with zero attached hydrogens (tertiary/aromatic N) is 4. The molecule has 2 aromatic heterocycles. The number of nitrogens with one attached hydrogen (secondary N) is 2. The van der Waals surface area contributed by atoms with Crippen LogP contribution in [0.25, 0.3) is 11.6 Å². The fourth-order valence-corrected chi connectivity index (χ4v) is 3.61. The molecule has 1 aliphatic heterocycles. The van der Waals surface area contributed by atoms with E-state index in [1.807, 2.05) is 54.6 Å². The monoisotopic (exact) mass is 460 g/mol. The molecular formula is C23H17ClN6O3. The number of para-hydroxylation sites is 1. The van der Waals surface area contributed by atoms with Crippen molar-refractivity contribution in [1.82, 2.24) is 15.2 Å². The summed E-state index contributed by atoms with van der Waals surface area (Å²) in [5.74, 6) is 0.195. The summed E-state index contributed by atoms with van der Waals surface area (Å²) >= 11 is 6.09. The SMILES string of the molecule is COc1ccc(-c2nnc(NC3N=C(c4ccccc4)c4ccccc4NC3=O)o2)nc1Cl. The fourth-order valence-electron chi connectivity index (χ4n) is 3.38.